The van der Waals surface area contributed by atoms with Gasteiger partial charge in [0, 0.05) is 12.8 Å². The molecular formula is C30H56NO10P. The fourth-order valence-corrected chi connectivity index (χ4v) is 4.82. The molecule has 0 saturated carbocycles. The van der Waals surface area contributed by atoms with Gasteiger partial charge in [-0.25, -0.2) is 9.36 Å². The first-order chi connectivity index (χ1) is 20.1. The number of amides is 1. The molecule has 11 nitrogen and oxygen atoms in total. The molecule has 0 rings (SSSR count). The number of aliphatic hydroxyl groups excluding tert-OH is 1. The van der Waals surface area contributed by atoms with Crippen LogP contribution >= 0.6 is 7.82 Å². The van der Waals surface area contributed by atoms with Crippen molar-refractivity contribution in [1.29, 1.82) is 0 Å². The molecule has 0 fully saturated rings. The van der Waals surface area contributed by atoms with Crippen LogP contribution in [0.15, 0.2) is 12.2 Å². The number of esters is 1. The van der Waals surface area contributed by atoms with E-state index >= 15 is 0 Å². The molecule has 42 heavy (non-hydrogen) atoms. The monoisotopic (exact) mass is 621 g/mol. The average Bonchev–Trinajstić information content (AvgIpc) is 2.94. The number of hydrogen-bond donors (Lipinski definition) is 4. The zero-order chi connectivity index (χ0) is 31.5. The molecule has 0 aliphatic carbocycles. The van der Waals surface area contributed by atoms with Crippen molar-refractivity contribution in [2.45, 2.75) is 142 Å². The van der Waals surface area contributed by atoms with E-state index in [9.17, 15) is 34.1 Å². The van der Waals surface area contributed by atoms with Crippen molar-refractivity contribution in [2.75, 3.05) is 19.8 Å². The van der Waals surface area contributed by atoms with Gasteiger partial charge in [0.05, 0.1) is 13.2 Å². The summed E-state index contributed by atoms with van der Waals surface area (Å²) in [6.07, 6.45) is 21.5. The van der Waals surface area contributed by atoms with E-state index in [1.54, 1.807) is 6.92 Å². The van der Waals surface area contributed by atoms with E-state index in [2.05, 4.69) is 33.4 Å². The van der Waals surface area contributed by atoms with Crippen molar-refractivity contribution in [3.8, 4) is 0 Å². The molecule has 0 spiro atoms. The van der Waals surface area contributed by atoms with Crippen LogP contribution < -0.4 is 5.32 Å². The summed E-state index contributed by atoms with van der Waals surface area (Å²) < 4.78 is 26.1. The van der Waals surface area contributed by atoms with Crippen LogP contribution in [0.3, 0.4) is 0 Å². The number of phosphoric ester groups is 1. The van der Waals surface area contributed by atoms with Crippen LogP contribution in [0.2, 0.25) is 0 Å². The smallest absolute Gasteiger partial charge is 0.472 e. The number of carbonyl (C=O) groups is 3. The Hall–Kier alpha value is -1.78. The molecule has 12 heteroatoms. The normalized spacial score (nSPS) is 14.4. The van der Waals surface area contributed by atoms with Crippen molar-refractivity contribution in [1.82, 2.24) is 5.32 Å². The first-order valence-corrected chi connectivity index (χ1v) is 17.2. The summed E-state index contributed by atoms with van der Waals surface area (Å²) in [4.78, 5) is 44.6. The minimum absolute atomic E-state index is 0.142. The number of aliphatic carboxylic acids is 1. The summed E-state index contributed by atoms with van der Waals surface area (Å²) in [5.74, 6) is -2.44. The first kappa shape index (κ1) is 40.2. The number of carboxylic acids is 1. The Morgan fingerprint density at radius 1 is 0.738 bits per heavy atom. The van der Waals surface area contributed by atoms with Gasteiger partial charge in [-0.3, -0.25) is 18.6 Å². The van der Waals surface area contributed by atoms with Crippen LogP contribution in [-0.4, -0.2) is 64.9 Å². The number of rotatable bonds is 29. The summed E-state index contributed by atoms with van der Waals surface area (Å²) in [6.45, 7) is 2.12. The summed E-state index contributed by atoms with van der Waals surface area (Å²) in [5.41, 5.74) is 0. The number of carbonyl (C=O) groups excluding carboxylic acids is 2. The van der Waals surface area contributed by atoms with Gasteiger partial charge < -0.3 is 25.2 Å². The third-order valence-electron chi connectivity index (χ3n) is 6.52. The van der Waals surface area contributed by atoms with E-state index < -0.39 is 57.6 Å². The molecule has 0 aliphatic heterocycles. The number of phosphoric acid groups is 1. The molecule has 0 bridgehead atoms. The second kappa shape index (κ2) is 26.8. The topological polar surface area (TPSA) is 169 Å². The molecule has 3 atom stereocenters. The lowest BCUT2D eigenvalue weighted by molar-refractivity contribution is -0.147. The summed E-state index contributed by atoms with van der Waals surface area (Å²) in [7, 11) is -4.72. The number of nitrogens with one attached hydrogen (secondary N) is 1. The van der Waals surface area contributed by atoms with E-state index in [1.165, 1.54) is 57.8 Å². The lowest BCUT2D eigenvalue weighted by Crippen LogP contribution is -2.43. The SMILES string of the molecule is CCCCCCCC/C=C\CCCCCCCCCC(=O)NC(COP(=O)(O)OCC(O)COC(=O)CCC)C(=O)O. The van der Waals surface area contributed by atoms with Gasteiger partial charge in [-0.1, -0.05) is 90.2 Å². The molecule has 0 radical (unpaired) electrons. The maximum absolute atomic E-state index is 12.2. The predicted octanol–water partition coefficient (Wildman–Crippen LogP) is 6.21. The van der Waals surface area contributed by atoms with Gasteiger partial charge in [0.2, 0.25) is 5.91 Å². The number of allylic oxidation sites excluding steroid dienone is 2. The van der Waals surface area contributed by atoms with Crippen molar-refractivity contribution in [2.24, 2.45) is 0 Å². The molecule has 0 saturated heterocycles. The van der Waals surface area contributed by atoms with Crippen molar-refractivity contribution < 1.29 is 47.8 Å². The second-order valence-corrected chi connectivity index (χ2v) is 12.1. The maximum Gasteiger partial charge on any atom is 0.472 e. The zero-order valence-electron chi connectivity index (χ0n) is 25.8. The zero-order valence-corrected chi connectivity index (χ0v) is 26.7. The average molecular weight is 622 g/mol. The van der Waals surface area contributed by atoms with Crippen LogP contribution in [-0.2, 0) is 32.7 Å². The van der Waals surface area contributed by atoms with Gasteiger partial charge >= 0.3 is 19.8 Å². The van der Waals surface area contributed by atoms with Crippen LogP contribution in [0, 0.1) is 0 Å². The van der Waals surface area contributed by atoms with Crippen LogP contribution in [0.25, 0.3) is 0 Å². The molecule has 0 aromatic heterocycles. The van der Waals surface area contributed by atoms with Gasteiger partial charge in [-0.05, 0) is 38.5 Å². The van der Waals surface area contributed by atoms with Crippen LogP contribution in [0.5, 0.6) is 0 Å². The second-order valence-electron chi connectivity index (χ2n) is 10.6. The highest BCUT2D eigenvalue weighted by atomic mass is 31.2. The molecule has 1 amide bonds. The van der Waals surface area contributed by atoms with Gasteiger partial charge in [0.25, 0.3) is 0 Å². The summed E-state index contributed by atoms with van der Waals surface area (Å²) in [5, 5.41) is 21.3. The fourth-order valence-electron chi connectivity index (χ4n) is 4.05. The lowest BCUT2D eigenvalue weighted by atomic mass is 10.1. The third kappa shape index (κ3) is 25.9. The Bertz CT molecular complexity index is 792. The van der Waals surface area contributed by atoms with Crippen molar-refractivity contribution in [3.05, 3.63) is 12.2 Å². The fraction of sp³-hybridized carbons (Fsp3) is 0.833. The molecule has 0 aromatic carbocycles. The largest absolute Gasteiger partial charge is 0.480 e. The number of ether oxygens (including phenoxy) is 1. The van der Waals surface area contributed by atoms with Gasteiger partial charge in [-0.2, -0.15) is 0 Å². The quantitative estimate of drug-likeness (QED) is 0.0326. The first-order valence-electron chi connectivity index (χ1n) is 15.7. The maximum atomic E-state index is 12.2. The van der Waals surface area contributed by atoms with E-state index in [1.807, 2.05) is 0 Å². The third-order valence-corrected chi connectivity index (χ3v) is 7.47. The van der Waals surface area contributed by atoms with E-state index in [0.29, 0.717) is 12.8 Å². The van der Waals surface area contributed by atoms with E-state index in [-0.39, 0.29) is 12.8 Å². The minimum Gasteiger partial charge on any atom is -0.480 e. The van der Waals surface area contributed by atoms with Gasteiger partial charge in [0.1, 0.15) is 12.7 Å². The number of hydrogen-bond acceptors (Lipinski definition) is 8. The minimum atomic E-state index is -4.72. The molecule has 0 aliphatic rings. The number of unbranched alkanes of at least 4 members (excludes halogenated alkanes) is 13. The highest BCUT2D eigenvalue weighted by Gasteiger charge is 2.28. The molecule has 0 heterocycles. The molecular weight excluding hydrogens is 565 g/mol. The summed E-state index contributed by atoms with van der Waals surface area (Å²) >= 11 is 0. The van der Waals surface area contributed by atoms with Gasteiger partial charge in [0.15, 0.2) is 6.04 Å². The lowest BCUT2D eigenvalue weighted by Gasteiger charge is -2.18. The number of carboxylic acid groups (broad SMARTS) is 1. The van der Waals surface area contributed by atoms with Crippen molar-refractivity contribution >= 4 is 25.7 Å². The molecule has 246 valence electrons. The Labute approximate surface area is 252 Å². The van der Waals surface area contributed by atoms with E-state index in [4.69, 9.17) is 4.74 Å². The van der Waals surface area contributed by atoms with Crippen molar-refractivity contribution in [3.63, 3.8) is 0 Å². The Morgan fingerprint density at radius 3 is 1.81 bits per heavy atom. The molecule has 4 N–H and O–H groups in total. The highest BCUT2D eigenvalue weighted by Crippen LogP contribution is 2.43. The predicted molar refractivity (Wildman–Crippen MR) is 162 cm³/mol. The van der Waals surface area contributed by atoms with Gasteiger partial charge in [-0.15, -0.1) is 0 Å². The van der Waals surface area contributed by atoms with Crippen LogP contribution in [0.4, 0.5) is 0 Å². The number of aliphatic hydroxyl groups is 1. The van der Waals surface area contributed by atoms with E-state index in [0.717, 1.165) is 32.1 Å². The molecule has 3 unspecified atom stereocenters. The highest BCUT2D eigenvalue weighted by molar-refractivity contribution is 7.47. The Morgan fingerprint density at radius 2 is 1.26 bits per heavy atom. The Kier molecular flexibility index (Phi) is 25.7. The summed E-state index contributed by atoms with van der Waals surface area (Å²) in [6, 6.07) is -1.54. The standard InChI is InChI=1S/C30H56NO10P/c1-3-5-6-7-8-9-10-11-12-13-14-15-16-17-18-19-20-22-28(33)31-27(30(35)36)25-41-42(37,38)40-24-26(32)23-39-29(34)21-4-2/h11-12,26-27,32H,3-10,13-25H2,1-2H3,(H,31,33)(H,35,36)(H,37,38)/b12-11-. The Balaban J connectivity index is 3.92. The van der Waals surface area contributed by atoms with Crippen LogP contribution in [0.1, 0.15) is 129 Å². The molecule has 0 aromatic rings.